The molecule has 0 radical (unpaired) electrons. The average Bonchev–Trinajstić information content (AvgIpc) is 3.31. The van der Waals surface area contributed by atoms with Crippen LogP contribution in [-0.4, -0.2) is 108 Å². The van der Waals surface area contributed by atoms with Crippen LogP contribution < -0.4 is 49.1 Å². The lowest BCUT2D eigenvalue weighted by molar-refractivity contribution is -0.132. The van der Waals surface area contributed by atoms with Crippen molar-refractivity contribution >= 4 is 69.7 Å². The summed E-state index contributed by atoms with van der Waals surface area (Å²) >= 11 is 0. The summed E-state index contributed by atoms with van der Waals surface area (Å²) in [4.78, 5) is 111. The fourth-order valence-corrected chi connectivity index (χ4v) is 6.90. The van der Waals surface area contributed by atoms with Gasteiger partial charge >= 0.3 is 0 Å². The number of amides is 8. The molecule has 0 saturated carbocycles. The molecule has 0 fully saturated rings. The van der Waals surface area contributed by atoms with Gasteiger partial charge in [-0.2, -0.15) is 0 Å². The van der Waals surface area contributed by atoms with E-state index in [-0.39, 0.29) is 43.0 Å². The smallest absolute Gasteiger partial charge is 0.257 e. The van der Waals surface area contributed by atoms with Crippen LogP contribution in [0.15, 0.2) is 65.7 Å². The lowest BCUT2D eigenvalue weighted by Crippen LogP contribution is -2.58. The molecule has 12 N–H and O–H groups in total. The third kappa shape index (κ3) is 13.7. The number of nitrogens with one attached hydrogen (secondary N) is 6. The maximum absolute atomic E-state index is 14.2. The van der Waals surface area contributed by atoms with Crippen LogP contribution in [0.5, 0.6) is 0 Å². The summed E-state index contributed by atoms with van der Waals surface area (Å²) in [6.45, 7) is 5.27. The van der Waals surface area contributed by atoms with E-state index in [1.165, 1.54) is 13.8 Å². The Morgan fingerprint density at radius 1 is 0.806 bits per heavy atom. The number of nitrogens with zero attached hydrogens (tertiary/aromatic N) is 2. The Bertz CT molecular complexity index is 2190. The molecule has 1 aliphatic heterocycles. The highest BCUT2D eigenvalue weighted by molar-refractivity contribution is 6.11. The summed E-state index contributed by atoms with van der Waals surface area (Å²) in [5, 5.41) is 17.7. The van der Waals surface area contributed by atoms with Crippen molar-refractivity contribution in [1.29, 1.82) is 0 Å². The summed E-state index contributed by atoms with van der Waals surface area (Å²) in [5.74, 6) is -5.71. The molecule has 5 atom stereocenters. The molecule has 1 heterocycles. The number of primary amides is 1. The van der Waals surface area contributed by atoms with Crippen molar-refractivity contribution in [1.82, 2.24) is 31.5 Å². The molecule has 0 bridgehead atoms. The minimum Gasteiger partial charge on any atom is -0.370 e. The molecule has 0 saturated heterocycles. The zero-order valence-corrected chi connectivity index (χ0v) is 35.4. The molecule has 19 nitrogen and oxygen atoms in total. The second-order valence-electron chi connectivity index (χ2n) is 15.3. The monoisotopic (exact) mass is 855 g/mol. The number of fused-ring (bicyclic) bond motifs is 2. The van der Waals surface area contributed by atoms with Crippen molar-refractivity contribution in [2.75, 3.05) is 25.0 Å². The van der Waals surface area contributed by atoms with Crippen LogP contribution in [0.3, 0.4) is 0 Å². The van der Waals surface area contributed by atoms with Gasteiger partial charge in [-0.1, -0.05) is 73.9 Å². The van der Waals surface area contributed by atoms with Crippen LogP contribution in [0.1, 0.15) is 74.4 Å². The van der Waals surface area contributed by atoms with Crippen LogP contribution >= 0.6 is 0 Å². The Hall–Kier alpha value is -7.05. The number of aliphatic imine (C=N–C) groups is 1. The van der Waals surface area contributed by atoms with Gasteiger partial charge in [0.2, 0.25) is 41.4 Å². The van der Waals surface area contributed by atoms with Gasteiger partial charge in [-0.15, -0.1) is 0 Å². The van der Waals surface area contributed by atoms with Gasteiger partial charge in [0.05, 0.1) is 11.3 Å². The molecule has 3 aromatic carbocycles. The molecular weight excluding hydrogens is 799 g/mol. The first-order valence-corrected chi connectivity index (χ1v) is 20.5. The number of carbonyl (C=O) groups is 8. The molecule has 0 aromatic heterocycles. The molecule has 0 aliphatic carbocycles. The normalized spacial score (nSPS) is 15.4. The molecule has 1 aliphatic rings. The van der Waals surface area contributed by atoms with E-state index in [1.807, 2.05) is 49.4 Å². The number of rotatable bonds is 21. The van der Waals surface area contributed by atoms with E-state index in [4.69, 9.17) is 17.2 Å². The molecule has 0 spiro atoms. The molecule has 62 heavy (non-hydrogen) atoms. The topological polar surface area (TPSA) is 302 Å². The summed E-state index contributed by atoms with van der Waals surface area (Å²) in [5.41, 5.74) is 18.4. The Labute approximate surface area is 359 Å². The van der Waals surface area contributed by atoms with Crippen LogP contribution in [0.4, 0.5) is 5.69 Å². The minimum absolute atomic E-state index is 0.00337. The van der Waals surface area contributed by atoms with Crippen molar-refractivity contribution in [3.8, 4) is 0 Å². The highest BCUT2D eigenvalue weighted by atomic mass is 16.2. The maximum Gasteiger partial charge on any atom is 0.257 e. The molecule has 332 valence electrons. The van der Waals surface area contributed by atoms with Gasteiger partial charge in [0.25, 0.3) is 5.91 Å². The fraction of sp³-hybridized carbons (Fsp3) is 0.419. The van der Waals surface area contributed by atoms with E-state index in [9.17, 15) is 38.4 Å². The number of aryl methyl sites for hydroxylation is 1. The average molecular weight is 856 g/mol. The number of hydrogen-bond acceptors (Lipinski definition) is 9. The summed E-state index contributed by atoms with van der Waals surface area (Å²) < 4.78 is 0. The van der Waals surface area contributed by atoms with E-state index in [0.717, 1.165) is 27.7 Å². The van der Waals surface area contributed by atoms with Gasteiger partial charge in [-0.25, -0.2) is 0 Å². The number of benzene rings is 3. The first kappa shape index (κ1) is 47.6. The number of unbranched alkanes of at least 4 members (excludes halogenated alkanes) is 1. The van der Waals surface area contributed by atoms with E-state index in [1.54, 1.807) is 25.1 Å². The quantitative estimate of drug-likeness (QED) is 0.0392. The number of guanidine groups is 1. The zero-order valence-electron chi connectivity index (χ0n) is 35.4. The lowest BCUT2D eigenvalue weighted by atomic mass is 10.0. The highest BCUT2D eigenvalue weighted by Gasteiger charge is 2.38. The van der Waals surface area contributed by atoms with Gasteiger partial charge in [0.1, 0.15) is 36.8 Å². The Balaban J connectivity index is 1.54. The predicted octanol–water partition coefficient (Wildman–Crippen LogP) is -0.0219. The number of nitrogens with two attached hydrogens (primary N) is 3. The molecule has 8 amide bonds. The zero-order chi connectivity index (χ0) is 45.5. The first-order chi connectivity index (χ1) is 29.5. The SMILES string of the molecule is CCCC[C@H](NC(C)=O)C(=O)N[C@@H](C)C(=O)NCC1C(=O)Nc2ccc(C)cc2C(=O)N1CC(=O)N[C@@H](CCCN=C(N)N)C(=O)N[C@@H](Cc1ccc2ccccc2c1)C(N)=O. The molecule has 4 rings (SSSR count). The molecular formula is C43H57N11O8. The van der Waals surface area contributed by atoms with E-state index >= 15 is 0 Å². The Kier molecular flexibility index (Phi) is 17.3. The molecule has 1 unspecified atom stereocenters. The summed E-state index contributed by atoms with van der Waals surface area (Å²) in [7, 11) is 0. The molecule has 19 heteroatoms. The highest BCUT2D eigenvalue weighted by Crippen LogP contribution is 2.25. The van der Waals surface area contributed by atoms with Gasteiger partial charge in [-0.05, 0) is 61.6 Å². The standard InChI is InChI=1S/C43H57N11O8/c1-5-6-12-32(50-26(4)55)39(59)49-25(3)38(58)48-22-35-41(61)52-31-17-14-24(2)19-30(31)42(62)54(35)23-36(56)51-33(13-9-18-47-43(45)46)40(60)53-34(37(44)57)21-27-15-16-28-10-7-8-11-29(28)20-27/h7-8,10-11,14-17,19-20,25,32-35H,5-6,9,12-13,18,21-23H2,1-4H3,(H2,44,57)(H,48,58)(H,49,59)(H,50,55)(H,51,56)(H,52,61)(H,53,60)(H4,45,46,47)/t25-,32-,33-,34-,35?/m0/s1. The second kappa shape index (κ2) is 22.5. The molecule has 3 aromatic rings. The van der Waals surface area contributed by atoms with Gasteiger partial charge in [0.15, 0.2) is 5.96 Å². The van der Waals surface area contributed by atoms with E-state index in [0.29, 0.717) is 18.4 Å². The Morgan fingerprint density at radius 2 is 1.48 bits per heavy atom. The largest absolute Gasteiger partial charge is 0.370 e. The predicted molar refractivity (Wildman–Crippen MR) is 233 cm³/mol. The fourth-order valence-electron chi connectivity index (χ4n) is 6.90. The van der Waals surface area contributed by atoms with Crippen LogP contribution in [-0.2, 0) is 40.0 Å². The van der Waals surface area contributed by atoms with Crippen molar-refractivity contribution in [2.45, 2.75) is 96.4 Å². The lowest BCUT2D eigenvalue weighted by Gasteiger charge is -2.30. The number of hydrogen-bond donors (Lipinski definition) is 9. The minimum atomic E-state index is -1.44. The van der Waals surface area contributed by atoms with E-state index < -0.39 is 90.6 Å². The van der Waals surface area contributed by atoms with E-state index in [2.05, 4.69) is 36.9 Å². The van der Waals surface area contributed by atoms with Crippen molar-refractivity contribution in [3.05, 3.63) is 77.4 Å². The third-order valence-electron chi connectivity index (χ3n) is 10.2. The van der Waals surface area contributed by atoms with Gasteiger partial charge in [0, 0.05) is 26.4 Å². The summed E-state index contributed by atoms with van der Waals surface area (Å²) in [6.07, 6.45) is 2.05. The van der Waals surface area contributed by atoms with Crippen molar-refractivity contribution in [2.24, 2.45) is 22.2 Å². The first-order valence-electron chi connectivity index (χ1n) is 20.5. The van der Waals surface area contributed by atoms with Gasteiger partial charge in [-0.3, -0.25) is 43.3 Å². The summed E-state index contributed by atoms with van der Waals surface area (Å²) in [6, 6.07) is 12.1. The van der Waals surface area contributed by atoms with Crippen LogP contribution in [0.25, 0.3) is 10.8 Å². The van der Waals surface area contributed by atoms with Crippen LogP contribution in [0.2, 0.25) is 0 Å². The number of carbonyl (C=O) groups excluding carboxylic acids is 8. The maximum atomic E-state index is 14.2. The van der Waals surface area contributed by atoms with Crippen LogP contribution in [0, 0.1) is 6.92 Å². The Morgan fingerprint density at radius 3 is 2.16 bits per heavy atom. The third-order valence-corrected chi connectivity index (χ3v) is 10.2. The van der Waals surface area contributed by atoms with Crippen molar-refractivity contribution in [3.63, 3.8) is 0 Å². The van der Waals surface area contributed by atoms with Gasteiger partial charge < -0.3 is 54.0 Å². The number of anilines is 1. The second-order valence-corrected chi connectivity index (χ2v) is 15.3. The van der Waals surface area contributed by atoms with Crippen molar-refractivity contribution < 1.29 is 38.4 Å².